The average Bonchev–Trinajstić information content (AvgIpc) is 2.63. The summed E-state index contributed by atoms with van der Waals surface area (Å²) in [6, 6.07) is 11.9. The molecule has 0 aliphatic carbocycles. The highest BCUT2D eigenvalue weighted by Crippen LogP contribution is 2.36. The molecule has 0 N–H and O–H groups in total. The maximum Gasteiger partial charge on any atom is 0.250 e. The maximum absolute atomic E-state index is 12.2. The first-order chi connectivity index (χ1) is 12.7. The quantitative estimate of drug-likeness (QED) is 0.828. The van der Waals surface area contributed by atoms with Crippen LogP contribution in [0.2, 0.25) is 0 Å². The number of likely N-dealkylation sites (tertiary alicyclic amines) is 1. The van der Waals surface area contributed by atoms with Gasteiger partial charge in [-0.3, -0.25) is 9.69 Å². The van der Waals surface area contributed by atoms with Crippen LogP contribution in [0.1, 0.15) is 30.5 Å². The first-order valence-corrected chi connectivity index (χ1v) is 9.39. The summed E-state index contributed by atoms with van der Waals surface area (Å²) in [5, 5.41) is 0. The number of pyridine rings is 1. The van der Waals surface area contributed by atoms with Crippen LogP contribution in [0.15, 0.2) is 41.2 Å². The molecule has 5 heteroatoms. The molecule has 1 aromatic carbocycles. The van der Waals surface area contributed by atoms with Crippen molar-refractivity contribution in [2.75, 3.05) is 26.8 Å². The monoisotopic (exact) mass is 354 g/mol. The number of piperidine rings is 1. The van der Waals surface area contributed by atoms with E-state index in [1.165, 1.54) is 17.7 Å². The predicted octanol–water partition coefficient (Wildman–Crippen LogP) is 2.87. The van der Waals surface area contributed by atoms with Gasteiger partial charge in [0.2, 0.25) is 0 Å². The van der Waals surface area contributed by atoms with Gasteiger partial charge in [-0.2, -0.15) is 0 Å². The Morgan fingerprint density at radius 2 is 2.00 bits per heavy atom. The zero-order valence-corrected chi connectivity index (χ0v) is 15.5. The highest BCUT2D eigenvalue weighted by atomic mass is 16.5. The van der Waals surface area contributed by atoms with Gasteiger partial charge in [0, 0.05) is 43.9 Å². The van der Waals surface area contributed by atoms with E-state index in [4.69, 9.17) is 9.47 Å². The smallest absolute Gasteiger partial charge is 0.250 e. The van der Waals surface area contributed by atoms with Crippen molar-refractivity contribution in [3.05, 3.63) is 58.0 Å². The lowest BCUT2D eigenvalue weighted by Gasteiger charge is -2.42. The molecule has 2 aromatic rings. The number of nitrogens with zero attached hydrogens (tertiary/aromatic N) is 2. The van der Waals surface area contributed by atoms with E-state index in [-0.39, 0.29) is 5.56 Å². The van der Waals surface area contributed by atoms with Gasteiger partial charge in [-0.05, 0) is 43.0 Å². The lowest BCUT2D eigenvalue weighted by atomic mass is 9.83. The van der Waals surface area contributed by atoms with E-state index >= 15 is 0 Å². The molecule has 1 aromatic heterocycles. The second kappa shape index (κ2) is 7.16. The Balaban J connectivity index is 1.53. The zero-order chi connectivity index (χ0) is 18.1. The maximum atomic E-state index is 12.2. The minimum Gasteiger partial charge on any atom is -0.493 e. The van der Waals surface area contributed by atoms with Gasteiger partial charge in [-0.25, -0.2) is 0 Å². The third-order valence-corrected chi connectivity index (χ3v) is 5.49. The van der Waals surface area contributed by atoms with E-state index in [0.29, 0.717) is 18.4 Å². The van der Waals surface area contributed by atoms with Crippen LogP contribution < -0.4 is 15.0 Å². The first kappa shape index (κ1) is 17.2. The van der Waals surface area contributed by atoms with E-state index in [2.05, 4.69) is 23.1 Å². The van der Waals surface area contributed by atoms with E-state index < -0.39 is 0 Å². The number of fused-ring (bicyclic) bond motifs is 4. The van der Waals surface area contributed by atoms with Crippen molar-refractivity contribution in [1.29, 1.82) is 0 Å². The number of ether oxygens (including phenoxy) is 2. The van der Waals surface area contributed by atoms with Crippen LogP contribution in [-0.2, 0) is 13.1 Å². The fourth-order valence-electron chi connectivity index (χ4n) is 4.47. The first-order valence-electron chi connectivity index (χ1n) is 9.39. The number of benzene rings is 1. The summed E-state index contributed by atoms with van der Waals surface area (Å²) in [5.74, 6) is 2.58. The zero-order valence-electron chi connectivity index (χ0n) is 15.5. The number of methoxy groups -OCH3 is 1. The van der Waals surface area contributed by atoms with Crippen molar-refractivity contribution in [3.63, 3.8) is 0 Å². The Labute approximate surface area is 154 Å². The van der Waals surface area contributed by atoms with Gasteiger partial charge in [0.1, 0.15) is 0 Å². The predicted molar refractivity (Wildman–Crippen MR) is 101 cm³/mol. The van der Waals surface area contributed by atoms with Crippen molar-refractivity contribution in [2.24, 2.45) is 5.92 Å². The van der Waals surface area contributed by atoms with E-state index in [1.807, 2.05) is 23.6 Å². The Bertz CT molecular complexity index is 845. The summed E-state index contributed by atoms with van der Waals surface area (Å²) < 4.78 is 13.1. The summed E-state index contributed by atoms with van der Waals surface area (Å²) in [5.41, 5.74) is 2.57. The molecule has 0 saturated carbocycles. The second-order valence-corrected chi connectivity index (χ2v) is 7.31. The minimum atomic E-state index is 0.141. The van der Waals surface area contributed by atoms with Gasteiger partial charge in [0.25, 0.3) is 5.56 Å². The number of hydrogen-bond acceptors (Lipinski definition) is 4. The average molecular weight is 354 g/mol. The third-order valence-electron chi connectivity index (χ3n) is 5.49. The summed E-state index contributed by atoms with van der Waals surface area (Å²) in [6.07, 6.45) is 1.19. The number of aromatic nitrogens is 1. The van der Waals surface area contributed by atoms with Gasteiger partial charge in [0.15, 0.2) is 11.5 Å². The highest BCUT2D eigenvalue weighted by molar-refractivity contribution is 5.43. The van der Waals surface area contributed by atoms with Gasteiger partial charge in [0.05, 0.1) is 13.7 Å². The Morgan fingerprint density at radius 3 is 2.81 bits per heavy atom. The molecule has 3 heterocycles. The summed E-state index contributed by atoms with van der Waals surface area (Å²) in [6.45, 7) is 6.38. The van der Waals surface area contributed by atoms with Crippen molar-refractivity contribution in [1.82, 2.24) is 9.47 Å². The van der Waals surface area contributed by atoms with Crippen molar-refractivity contribution in [3.8, 4) is 11.5 Å². The third kappa shape index (κ3) is 3.23. The van der Waals surface area contributed by atoms with Gasteiger partial charge >= 0.3 is 0 Å². The van der Waals surface area contributed by atoms with Gasteiger partial charge < -0.3 is 14.0 Å². The van der Waals surface area contributed by atoms with Gasteiger partial charge in [-0.15, -0.1) is 0 Å². The molecule has 4 rings (SSSR count). The molecule has 2 atom stereocenters. The minimum absolute atomic E-state index is 0.141. The number of rotatable bonds is 5. The van der Waals surface area contributed by atoms with Crippen LogP contribution in [0.3, 0.4) is 0 Å². The Morgan fingerprint density at radius 1 is 1.12 bits per heavy atom. The molecule has 26 heavy (non-hydrogen) atoms. The summed E-state index contributed by atoms with van der Waals surface area (Å²) >= 11 is 0. The van der Waals surface area contributed by atoms with Crippen LogP contribution in [0.5, 0.6) is 11.5 Å². The summed E-state index contributed by atoms with van der Waals surface area (Å²) in [4.78, 5) is 14.7. The van der Waals surface area contributed by atoms with E-state index in [1.54, 1.807) is 13.2 Å². The molecule has 1 saturated heterocycles. The van der Waals surface area contributed by atoms with Crippen molar-refractivity contribution >= 4 is 0 Å². The molecule has 2 bridgehead atoms. The largest absolute Gasteiger partial charge is 0.493 e. The molecule has 138 valence electrons. The van der Waals surface area contributed by atoms with E-state index in [9.17, 15) is 4.79 Å². The molecule has 0 amide bonds. The highest BCUT2D eigenvalue weighted by Gasteiger charge is 2.34. The lowest BCUT2D eigenvalue weighted by Crippen LogP contribution is -2.46. The molecule has 0 radical (unpaired) electrons. The number of hydrogen-bond donors (Lipinski definition) is 0. The van der Waals surface area contributed by atoms with Crippen molar-refractivity contribution in [2.45, 2.75) is 32.4 Å². The molecular weight excluding hydrogens is 328 g/mol. The normalized spacial score (nSPS) is 21.9. The summed E-state index contributed by atoms with van der Waals surface area (Å²) in [7, 11) is 1.67. The molecule has 2 aliphatic rings. The Kier molecular flexibility index (Phi) is 4.72. The molecular formula is C21H26N2O3. The molecule has 2 aliphatic heterocycles. The fraction of sp³-hybridized carbons (Fsp3) is 0.476. The molecule has 0 unspecified atom stereocenters. The van der Waals surface area contributed by atoms with Crippen LogP contribution in [-0.4, -0.2) is 36.3 Å². The van der Waals surface area contributed by atoms with Crippen LogP contribution >= 0.6 is 0 Å². The lowest BCUT2D eigenvalue weighted by molar-refractivity contribution is 0.114. The topological polar surface area (TPSA) is 43.7 Å². The fourth-order valence-corrected chi connectivity index (χ4v) is 4.47. The second-order valence-electron chi connectivity index (χ2n) is 7.31. The molecule has 1 fully saturated rings. The standard InChI is InChI=1S/C21H26N2O3/c1-3-26-20-10-15(7-8-19(20)25-2)11-22-12-16-9-17(14-22)18-5-4-6-21(24)23(18)13-16/h4-8,10,16-17H,3,9,11-14H2,1-2H3/t16-,17-/m1/s1. The van der Waals surface area contributed by atoms with Crippen LogP contribution in [0, 0.1) is 5.92 Å². The molecule has 0 spiro atoms. The van der Waals surface area contributed by atoms with Crippen LogP contribution in [0.25, 0.3) is 0 Å². The van der Waals surface area contributed by atoms with Crippen molar-refractivity contribution < 1.29 is 9.47 Å². The molecule has 5 nitrogen and oxygen atoms in total. The van der Waals surface area contributed by atoms with Gasteiger partial charge in [-0.1, -0.05) is 12.1 Å². The van der Waals surface area contributed by atoms with E-state index in [0.717, 1.165) is 37.7 Å². The SMILES string of the molecule is CCOc1cc(CN2C[C@H]3C[C@H](C2)c2cccc(=O)n2C3)ccc1OC. The Hall–Kier alpha value is -2.27. The van der Waals surface area contributed by atoms with Crippen LogP contribution in [0.4, 0.5) is 0 Å².